The summed E-state index contributed by atoms with van der Waals surface area (Å²) >= 11 is 0. The second kappa shape index (κ2) is 6.52. The summed E-state index contributed by atoms with van der Waals surface area (Å²) in [6.45, 7) is 9.31. The topological polar surface area (TPSA) is 24.1 Å². The van der Waals surface area contributed by atoms with Crippen molar-refractivity contribution in [2.75, 3.05) is 10.6 Å². The van der Waals surface area contributed by atoms with Crippen molar-refractivity contribution in [1.82, 2.24) is 0 Å². The van der Waals surface area contributed by atoms with Crippen LogP contribution in [0.3, 0.4) is 0 Å². The van der Waals surface area contributed by atoms with E-state index in [1.165, 1.54) is 61.0 Å². The summed E-state index contributed by atoms with van der Waals surface area (Å²) in [6.07, 6.45) is 7.56. The number of nitrogens with one attached hydrogen (secondary N) is 2. The molecule has 2 atom stereocenters. The van der Waals surface area contributed by atoms with E-state index in [4.69, 9.17) is 0 Å². The quantitative estimate of drug-likeness (QED) is 0.795. The Bertz CT molecular complexity index is 472. The van der Waals surface area contributed by atoms with Crippen molar-refractivity contribution in [3.8, 4) is 0 Å². The normalized spacial score (nSPS) is 23.7. The molecule has 0 unspecified atom stereocenters. The van der Waals surface area contributed by atoms with E-state index in [1.807, 2.05) is 0 Å². The van der Waals surface area contributed by atoms with E-state index in [2.05, 4.69) is 50.5 Å². The van der Waals surface area contributed by atoms with Crippen molar-refractivity contribution in [3.05, 3.63) is 23.3 Å². The molecule has 2 nitrogen and oxygen atoms in total. The predicted octanol–water partition coefficient (Wildman–Crippen LogP) is 5.23. The zero-order valence-corrected chi connectivity index (χ0v) is 14.7. The van der Waals surface area contributed by atoms with E-state index in [0.717, 1.165) is 11.8 Å². The number of hydrogen-bond acceptors (Lipinski definition) is 2. The maximum absolute atomic E-state index is 3.87. The van der Waals surface area contributed by atoms with Gasteiger partial charge in [-0.15, -0.1) is 0 Å². The smallest absolute Gasteiger partial charge is 0.0613 e. The van der Waals surface area contributed by atoms with Crippen molar-refractivity contribution in [2.24, 2.45) is 11.8 Å². The molecule has 0 saturated carbocycles. The van der Waals surface area contributed by atoms with Gasteiger partial charge in [0.05, 0.1) is 11.4 Å². The summed E-state index contributed by atoms with van der Waals surface area (Å²) < 4.78 is 0. The second-order valence-corrected chi connectivity index (χ2v) is 8.15. The third-order valence-corrected chi connectivity index (χ3v) is 5.11. The fourth-order valence-corrected chi connectivity index (χ4v) is 4.14. The molecular weight excluding hydrogens is 268 g/mol. The lowest BCUT2D eigenvalue weighted by atomic mass is 9.87. The molecule has 2 heteroatoms. The van der Waals surface area contributed by atoms with Crippen LogP contribution in [-0.2, 0) is 12.8 Å². The number of fused-ring (bicyclic) bond motifs is 3. The highest BCUT2D eigenvalue weighted by molar-refractivity contribution is 5.78. The maximum Gasteiger partial charge on any atom is 0.0613 e. The van der Waals surface area contributed by atoms with Gasteiger partial charge >= 0.3 is 0 Å². The van der Waals surface area contributed by atoms with Crippen LogP contribution in [0.25, 0.3) is 0 Å². The van der Waals surface area contributed by atoms with Crippen LogP contribution in [0, 0.1) is 11.8 Å². The molecule has 0 radical (unpaired) electrons. The predicted molar refractivity (Wildman–Crippen MR) is 96.8 cm³/mol. The lowest BCUT2D eigenvalue weighted by Crippen LogP contribution is -2.32. The lowest BCUT2D eigenvalue weighted by Gasteiger charge is -2.35. The monoisotopic (exact) mass is 300 g/mol. The van der Waals surface area contributed by atoms with E-state index in [9.17, 15) is 0 Å². The summed E-state index contributed by atoms with van der Waals surface area (Å²) in [7, 11) is 0. The molecule has 1 aromatic rings. The van der Waals surface area contributed by atoms with Gasteiger partial charge in [-0.25, -0.2) is 0 Å². The van der Waals surface area contributed by atoms with Gasteiger partial charge in [-0.3, -0.25) is 0 Å². The van der Waals surface area contributed by atoms with E-state index in [-0.39, 0.29) is 0 Å². The van der Waals surface area contributed by atoms with Gasteiger partial charge in [0, 0.05) is 12.1 Å². The summed E-state index contributed by atoms with van der Waals surface area (Å²) in [5, 5.41) is 7.74. The Balaban J connectivity index is 1.82. The minimum absolute atomic E-state index is 0.645. The van der Waals surface area contributed by atoms with Crippen LogP contribution in [0.1, 0.15) is 64.5 Å². The third-order valence-electron chi connectivity index (χ3n) is 5.11. The number of benzene rings is 1. The highest BCUT2D eigenvalue weighted by Gasteiger charge is 2.26. The molecule has 0 saturated heterocycles. The first-order valence-corrected chi connectivity index (χ1v) is 9.20. The molecule has 0 fully saturated rings. The second-order valence-electron chi connectivity index (χ2n) is 8.15. The summed E-state index contributed by atoms with van der Waals surface area (Å²) in [4.78, 5) is 0. The zero-order chi connectivity index (χ0) is 15.7. The van der Waals surface area contributed by atoms with Crippen molar-refractivity contribution in [1.29, 1.82) is 0 Å². The van der Waals surface area contributed by atoms with E-state index in [1.54, 1.807) is 0 Å². The Hall–Kier alpha value is -1.18. The van der Waals surface area contributed by atoms with Gasteiger partial charge in [-0.05, 0) is 61.5 Å². The van der Waals surface area contributed by atoms with E-state index >= 15 is 0 Å². The average molecular weight is 300 g/mol. The Morgan fingerprint density at radius 1 is 0.818 bits per heavy atom. The van der Waals surface area contributed by atoms with Crippen LogP contribution < -0.4 is 10.6 Å². The molecule has 0 spiro atoms. The van der Waals surface area contributed by atoms with Gasteiger partial charge in [0.25, 0.3) is 0 Å². The SMILES string of the molecule is CC(C)C[C@@H]1CCc2ccc3c(c2N1)N[C@H](CC(C)C)CC3. The number of rotatable bonds is 4. The Kier molecular flexibility index (Phi) is 4.65. The minimum atomic E-state index is 0.645. The Morgan fingerprint density at radius 3 is 1.59 bits per heavy atom. The molecule has 122 valence electrons. The average Bonchev–Trinajstić information content (AvgIpc) is 2.46. The fourth-order valence-electron chi connectivity index (χ4n) is 4.14. The van der Waals surface area contributed by atoms with Gasteiger partial charge in [-0.2, -0.15) is 0 Å². The van der Waals surface area contributed by atoms with Crippen LogP contribution in [0.15, 0.2) is 12.1 Å². The first kappa shape index (κ1) is 15.7. The number of anilines is 2. The summed E-state index contributed by atoms with van der Waals surface area (Å²) in [5.74, 6) is 1.53. The molecule has 0 amide bonds. The first-order valence-electron chi connectivity index (χ1n) is 9.20. The zero-order valence-electron chi connectivity index (χ0n) is 14.7. The van der Waals surface area contributed by atoms with Crippen LogP contribution in [0.5, 0.6) is 0 Å². The maximum atomic E-state index is 3.87. The molecule has 0 aliphatic carbocycles. The van der Waals surface area contributed by atoms with Crippen LogP contribution in [0.4, 0.5) is 11.4 Å². The molecule has 0 aromatic heterocycles. The van der Waals surface area contributed by atoms with Crippen molar-refractivity contribution in [2.45, 2.75) is 78.3 Å². The van der Waals surface area contributed by atoms with Crippen LogP contribution in [-0.4, -0.2) is 12.1 Å². The summed E-state index contributed by atoms with van der Waals surface area (Å²) in [6, 6.07) is 6.01. The minimum Gasteiger partial charge on any atom is -0.380 e. The molecular formula is C20H32N2. The van der Waals surface area contributed by atoms with Crippen molar-refractivity contribution < 1.29 is 0 Å². The molecule has 2 aliphatic heterocycles. The number of aryl methyl sites for hydroxylation is 2. The Labute approximate surface area is 136 Å². The van der Waals surface area contributed by atoms with Gasteiger partial charge in [-0.1, -0.05) is 39.8 Å². The third kappa shape index (κ3) is 3.42. The van der Waals surface area contributed by atoms with Crippen molar-refractivity contribution in [3.63, 3.8) is 0 Å². The van der Waals surface area contributed by atoms with Gasteiger partial charge < -0.3 is 10.6 Å². The first-order chi connectivity index (χ1) is 10.5. The Morgan fingerprint density at radius 2 is 1.23 bits per heavy atom. The van der Waals surface area contributed by atoms with E-state index in [0.29, 0.717) is 12.1 Å². The fraction of sp³-hybridized carbons (Fsp3) is 0.700. The van der Waals surface area contributed by atoms with Crippen molar-refractivity contribution >= 4 is 11.4 Å². The van der Waals surface area contributed by atoms with Crippen LogP contribution >= 0.6 is 0 Å². The van der Waals surface area contributed by atoms with Crippen LogP contribution in [0.2, 0.25) is 0 Å². The van der Waals surface area contributed by atoms with E-state index < -0.39 is 0 Å². The largest absolute Gasteiger partial charge is 0.380 e. The standard InChI is InChI=1S/C20H32N2/c1-13(2)11-17-9-7-15-5-6-16-8-10-18(12-14(3)4)22-20(16)19(15)21-17/h5-6,13-14,17-18,21-22H,7-12H2,1-4H3/t17-,18-/m0/s1. The molecule has 0 bridgehead atoms. The molecule has 22 heavy (non-hydrogen) atoms. The lowest BCUT2D eigenvalue weighted by molar-refractivity contribution is 0.480. The number of hydrogen-bond donors (Lipinski definition) is 2. The molecule has 2 N–H and O–H groups in total. The van der Waals surface area contributed by atoms with Gasteiger partial charge in [0.2, 0.25) is 0 Å². The van der Waals surface area contributed by atoms with Gasteiger partial charge in [0.1, 0.15) is 0 Å². The molecule has 2 aliphatic rings. The molecule has 3 rings (SSSR count). The highest BCUT2D eigenvalue weighted by Crippen LogP contribution is 2.40. The van der Waals surface area contributed by atoms with Gasteiger partial charge in [0.15, 0.2) is 0 Å². The molecule has 1 aromatic carbocycles. The highest BCUT2D eigenvalue weighted by atomic mass is 15.0. The molecule has 2 heterocycles. The summed E-state index contributed by atoms with van der Waals surface area (Å²) in [5.41, 5.74) is 5.86.